The molecule has 0 aliphatic rings. The van der Waals surface area contributed by atoms with E-state index in [2.05, 4.69) is 19.2 Å². The first-order valence-electron chi connectivity index (χ1n) is 5.41. The van der Waals surface area contributed by atoms with Gasteiger partial charge in [-0.15, -0.1) is 0 Å². The molecule has 0 aromatic carbocycles. The molecule has 1 N–H and O–H groups in total. The molecule has 3 heteroatoms. The van der Waals surface area contributed by atoms with Gasteiger partial charge in [0.1, 0.15) is 5.76 Å². The van der Waals surface area contributed by atoms with Crippen molar-refractivity contribution < 1.29 is 9.15 Å². The van der Waals surface area contributed by atoms with E-state index in [1.54, 1.807) is 13.4 Å². The topological polar surface area (TPSA) is 34.4 Å². The second kappa shape index (κ2) is 5.93. The van der Waals surface area contributed by atoms with Crippen LogP contribution in [0.15, 0.2) is 16.7 Å². The van der Waals surface area contributed by atoms with Crippen molar-refractivity contribution in [1.29, 1.82) is 0 Å². The number of furan rings is 1. The molecule has 0 fully saturated rings. The van der Waals surface area contributed by atoms with E-state index in [0.29, 0.717) is 5.92 Å². The molecule has 1 rings (SSSR count). The maximum absolute atomic E-state index is 5.52. The highest BCUT2D eigenvalue weighted by Gasteiger charge is 2.21. The Balaban J connectivity index is 2.67. The summed E-state index contributed by atoms with van der Waals surface area (Å²) < 4.78 is 10.6. The summed E-state index contributed by atoms with van der Waals surface area (Å²) in [5, 5.41) is 3.30. The molecule has 1 aromatic heterocycles. The number of methoxy groups -OCH3 is 1. The van der Waals surface area contributed by atoms with Gasteiger partial charge >= 0.3 is 0 Å². The molecule has 0 aliphatic heterocycles. The Morgan fingerprint density at radius 2 is 2.27 bits per heavy atom. The largest absolute Gasteiger partial charge is 0.467 e. The molecule has 2 atom stereocenters. The smallest absolute Gasteiger partial charge is 0.123 e. The first-order chi connectivity index (χ1) is 7.20. The molecule has 0 bridgehead atoms. The molecule has 86 valence electrons. The minimum absolute atomic E-state index is 0.273. The maximum Gasteiger partial charge on any atom is 0.123 e. The van der Waals surface area contributed by atoms with E-state index in [-0.39, 0.29) is 6.04 Å². The Bertz CT molecular complexity index is 283. The van der Waals surface area contributed by atoms with Gasteiger partial charge in [-0.1, -0.05) is 6.92 Å². The number of rotatable bonds is 6. The van der Waals surface area contributed by atoms with Crippen molar-refractivity contribution in [3.05, 3.63) is 23.7 Å². The van der Waals surface area contributed by atoms with Crippen LogP contribution in [0.4, 0.5) is 0 Å². The first kappa shape index (κ1) is 12.3. The van der Waals surface area contributed by atoms with Gasteiger partial charge < -0.3 is 14.5 Å². The fourth-order valence-electron chi connectivity index (χ4n) is 1.85. The zero-order chi connectivity index (χ0) is 11.3. The summed E-state index contributed by atoms with van der Waals surface area (Å²) in [6, 6.07) is 2.28. The SMILES string of the molecule is CNC(c1occc1C)C(C)CCOC. The molecule has 1 aromatic rings. The summed E-state index contributed by atoms with van der Waals surface area (Å²) in [6.07, 6.45) is 2.78. The molecule has 0 saturated heterocycles. The van der Waals surface area contributed by atoms with Gasteiger partial charge in [0.15, 0.2) is 0 Å². The quantitative estimate of drug-likeness (QED) is 0.785. The van der Waals surface area contributed by atoms with Crippen molar-refractivity contribution in [3.8, 4) is 0 Å². The van der Waals surface area contributed by atoms with Gasteiger partial charge in [0.25, 0.3) is 0 Å². The lowest BCUT2D eigenvalue weighted by Crippen LogP contribution is -2.24. The van der Waals surface area contributed by atoms with Crippen LogP contribution in [0.3, 0.4) is 0 Å². The minimum atomic E-state index is 0.273. The van der Waals surface area contributed by atoms with Crippen molar-refractivity contribution >= 4 is 0 Å². The van der Waals surface area contributed by atoms with Crippen LogP contribution in [0.2, 0.25) is 0 Å². The first-order valence-corrected chi connectivity index (χ1v) is 5.41. The Kier molecular flexibility index (Phi) is 4.85. The van der Waals surface area contributed by atoms with E-state index in [1.807, 2.05) is 13.1 Å². The van der Waals surface area contributed by atoms with Gasteiger partial charge in [0.2, 0.25) is 0 Å². The van der Waals surface area contributed by atoms with Gasteiger partial charge in [0, 0.05) is 13.7 Å². The summed E-state index contributed by atoms with van der Waals surface area (Å²) >= 11 is 0. The number of aryl methyl sites for hydroxylation is 1. The van der Waals surface area contributed by atoms with Crippen molar-refractivity contribution in [2.75, 3.05) is 20.8 Å². The third-order valence-electron chi connectivity index (χ3n) is 2.84. The van der Waals surface area contributed by atoms with E-state index >= 15 is 0 Å². The van der Waals surface area contributed by atoms with Gasteiger partial charge in [-0.25, -0.2) is 0 Å². The lowest BCUT2D eigenvalue weighted by molar-refractivity contribution is 0.167. The minimum Gasteiger partial charge on any atom is -0.467 e. The molecule has 2 unspecified atom stereocenters. The molecule has 15 heavy (non-hydrogen) atoms. The summed E-state index contributed by atoms with van der Waals surface area (Å²) in [5.41, 5.74) is 1.21. The summed E-state index contributed by atoms with van der Waals surface area (Å²) in [4.78, 5) is 0. The van der Waals surface area contributed by atoms with E-state index in [9.17, 15) is 0 Å². The Morgan fingerprint density at radius 1 is 1.53 bits per heavy atom. The third kappa shape index (κ3) is 3.08. The zero-order valence-corrected chi connectivity index (χ0v) is 10.0. The normalized spacial score (nSPS) is 15.2. The van der Waals surface area contributed by atoms with E-state index < -0.39 is 0 Å². The maximum atomic E-state index is 5.52. The van der Waals surface area contributed by atoms with Crippen LogP contribution in [0, 0.1) is 12.8 Å². The Hall–Kier alpha value is -0.800. The lowest BCUT2D eigenvalue weighted by atomic mass is 9.95. The molecular formula is C12H21NO2. The van der Waals surface area contributed by atoms with Crippen molar-refractivity contribution in [2.24, 2.45) is 5.92 Å². The van der Waals surface area contributed by atoms with E-state index in [0.717, 1.165) is 18.8 Å². The summed E-state index contributed by atoms with van der Waals surface area (Å²) in [6.45, 7) is 5.08. The lowest BCUT2D eigenvalue weighted by Gasteiger charge is -2.22. The monoisotopic (exact) mass is 211 g/mol. The van der Waals surface area contributed by atoms with Crippen LogP contribution >= 0.6 is 0 Å². The molecule has 0 aliphatic carbocycles. The standard InChI is InChI=1S/C12H21NO2/c1-9(5-7-14-4)11(13-3)12-10(2)6-8-15-12/h6,8-9,11,13H,5,7H2,1-4H3. The van der Waals surface area contributed by atoms with E-state index in [1.165, 1.54) is 5.56 Å². The fourth-order valence-corrected chi connectivity index (χ4v) is 1.85. The van der Waals surface area contributed by atoms with E-state index in [4.69, 9.17) is 9.15 Å². The molecule has 0 amide bonds. The number of hydrogen-bond acceptors (Lipinski definition) is 3. The van der Waals surface area contributed by atoms with Gasteiger partial charge in [-0.3, -0.25) is 0 Å². The van der Waals surface area contributed by atoms with Crippen LogP contribution in [0.25, 0.3) is 0 Å². The molecular weight excluding hydrogens is 190 g/mol. The summed E-state index contributed by atoms with van der Waals surface area (Å²) in [5.74, 6) is 1.54. The van der Waals surface area contributed by atoms with Crippen LogP contribution in [-0.2, 0) is 4.74 Å². The number of hydrogen-bond donors (Lipinski definition) is 1. The van der Waals surface area contributed by atoms with Crippen molar-refractivity contribution in [1.82, 2.24) is 5.32 Å². The highest BCUT2D eigenvalue weighted by atomic mass is 16.5. The Morgan fingerprint density at radius 3 is 2.73 bits per heavy atom. The second-order valence-corrected chi connectivity index (χ2v) is 3.99. The third-order valence-corrected chi connectivity index (χ3v) is 2.84. The number of nitrogens with one attached hydrogen (secondary N) is 1. The predicted octanol–water partition coefficient (Wildman–Crippen LogP) is 2.52. The molecule has 1 heterocycles. The second-order valence-electron chi connectivity index (χ2n) is 3.99. The predicted molar refractivity (Wildman–Crippen MR) is 60.9 cm³/mol. The van der Waals surface area contributed by atoms with Gasteiger partial charge in [-0.05, 0) is 37.9 Å². The Labute approximate surface area is 91.8 Å². The molecule has 0 radical (unpaired) electrons. The summed E-state index contributed by atoms with van der Waals surface area (Å²) in [7, 11) is 3.70. The molecule has 0 saturated carbocycles. The number of ether oxygens (including phenoxy) is 1. The molecule has 3 nitrogen and oxygen atoms in total. The molecule has 0 spiro atoms. The average Bonchev–Trinajstić information content (AvgIpc) is 2.63. The van der Waals surface area contributed by atoms with Crippen molar-refractivity contribution in [2.45, 2.75) is 26.3 Å². The zero-order valence-electron chi connectivity index (χ0n) is 10.0. The van der Waals surface area contributed by atoms with Crippen LogP contribution in [0.1, 0.15) is 30.7 Å². The van der Waals surface area contributed by atoms with Crippen molar-refractivity contribution in [3.63, 3.8) is 0 Å². The van der Waals surface area contributed by atoms with Gasteiger partial charge in [0.05, 0.1) is 12.3 Å². The van der Waals surface area contributed by atoms with Crippen LogP contribution in [0.5, 0.6) is 0 Å². The highest BCUT2D eigenvalue weighted by molar-refractivity contribution is 5.18. The van der Waals surface area contributed by atoms with Crippen LogP contribution in [-0.4, -0.2) is 20.8 Å². The van der Waals surface area contributed by atoms with Crippen LogP contribution < -0.4 is 5.32 Å². The fraction of sp³-hybridized carbons (Fsp3) is 0.667. The highest BCUT2D eigenvalue weighted by Crippen LogP contribution is 2.27. The average molecular weight is 211 g/mol. The van der Waals surface area contributed by atoms with Gasteiger partial charge in [-0.2, -0.15) is 0 Å².